The van der Waals surface area contributed by atoms with E-state index in [4.69, 9.17) is 10.8 Å². The summed E-state index contributed by atoms with van der Waals surface area (Å²) < 4.78 is 0. The van der Waals surface area contributed by atoms with Gasteiger partial charge in [0.2, 0.25) is 11.8 Å². The average molecular weight is 228 g/mol. The van der Waals surface area contributed by atoms with E-state index < -0.39 is 29.1 Å². The SMILES string of the molecule is CN(CC(N)=O)C(=O)[C@H]1[C@@H](C(=O)O)C1(C)C. The number of nitrogens with zero attached hydrogens (tertiary/aromatic N) is 1. The maximum Gasteiger partial charge on any atom is 0.307 e. The van der Waals surface area contributed by atoms with Crippen molar-refractivity contribution in [1.29, 1.82) is 0 Å². The monoisotopic (exact) mass is 228 g/mol. The van der Waals surface area contributed by atoms with Crippen LogP contribution in [-0.2, 0) is 14.4 Å². The number of carboxylic acids is 1. The van der Waals surface area contributed by atoms with Gasteiger partial charge in [-0.2, -0.15) is 0 Å². The third-order valence-corrected chi connectivity index (χ3v) is 3.13. The summed E-state index contributed by atoms with van der Waals surface area (Å²) in [7, 11) is 1.44. The van der Waals surface area contributed by atoms with Crippen LogP contribution in [0.15, 0.2) is 0 Å². The summed E-state index contributed by atoms with van der Waals surface area (Å²) in [6.45, 7) is 3.27. The van der Waals surface area contributed by atoms with Crippen molar-refractivity contribution in [3.05, 3.63) is 0 Å². The average Bonchev–Trinajstić information content (AvgIpc) is 2.66. The van der Waals surface area contributed by atoms with E-state index in [2.05, 4.69) is 0 Å². The molecule has 2 amide bonds. The number of amides is 2. The Kier molecular flexibility index (Phi) is 2.94. The van der Waals surface area contributed by atoms with E-state index in [1.165, 1.54) is 11.9 Å². The first kappa shape index (κ1) is 12.5. The lowest BCUT2D eigenvalue weighted by molar-refractivity contribution is -0.142. The Labute approximate surface area is 93.4 Å². The molecule has 0 bridgehead atoms. The number of likely N-dealkylation sites (N-methyl/N-ethyl adjacent to an activating group) is 1. The van der Waals surface area contributed by atoms with Crippen molar-refractivity contribution in [2.24, 2.45) is 23.0 Å². The van der Waals surface area contributed by atoms with Gasteiger partial charge in [-0.15, -0.1) is 0 Å². The maximum absolute atomic E-state index is 11.8. The molecular weight excluding hydrogens is 212 g/mol. The Morgan fingerprint density at radius 1 is 1.31 bits per heavy atom. The molecular formula is C10H16N2O4. The van der Waals surface area contributed by atoms with Crippen LogP contribution in [0.5, 0.6) is 0 Å². The summed E-state index contributed by atoms with van der Waals surface area (Å²) in [5.74, 6) is -3.15. The second kappa shape index (κ2) is 3.77. The van der Waals surface area contributed by atoms with Crippen molar-refractivity contribution in [3.8, 4) is 0 Å². The van der Waals surface area contributed by atoms with Gasteiger partial charge in [-0.25, -0.2) is 0 Å². The molecule has 0 aromatic rings. The molecule has 0 spiro atoms. The van der Waals surface area contributed by atoms with Crippen LogP contribution in [0.3, 0.4) is 0 Å². The Balaban J connectivity index is 2.70. The van der Waals surface area contributed by atoms with Crippen LogP contribution in [0.4, 0.5) is 0 Å². The number of primary amides is 1. The predicted octanol–water partition coefficient (Wildman–Crippen LogP) is -0.713. The van der Waals surface area contributed by atoms with E-state index in [1.54, 1.807) is 13.8 Å². The predicted molar refractivity (Wildman–Crippen MR) is 55.2 cm³/mol. The lowest BCUT2D eigenvalue weighted by Crippen LogP contribution is -2.37. The summed E-state index contributed by atoms with van der Waals surface area (Å²) in [5, 5.41) is 8.91. The topological polar surface area (TPSA) is 101 Å². The Morgan fingerprint density at radius 3 is 2.12 bits per heavy atom. The smallest absolute Gasteiger partial charge is 0.307 e. The largest absolute Gasteiger partial charge is 0.481 e. The van der Waals surface area contributed by atoms with Crippen molar-refractivity contribution in [2.75, 3.05) is 13.6 Å². The second-order valence-corrected chi connectivity index (χ2v) is 4.78. The normalized spacial score (nSPS) is 25.9. The summed E-state index contributed by atoms with van der Waals surface area (Å²) in [4.78, 5) is 34.5. The van der Waals surface area contributed by atoms with Gasteiger partial charge in [0.15, 0.2) is 0 Å². The quantitative estimate of drug-likeness (QED) is 0.663. The molecule has 16 heavy (non-hydrogen) atoms. The molecule has 1 fully saturated rings. The first-order valence-electron chi connectivity index (χ1n) is 4.95. The van der Waals surface area contributed by atoms with Crippen LogP contribution in [0.25, 0.3) is 0 Å². The van der Waals surface area contributed by atoms with Crippen LogP contribution in [0.2, 0.25) is 0 Å². The molecule has 0 heterocycles. The van der Waals surface area contributed by atoms with Crippen molar-refractivity contribution >= 4 is 17.8 Å². The van der Waals surface area contributed by atoms with Gasteiger partial charge in [-0.05, 0) is 5.41 Å². The molecule has 0 aromatic carbocycles. The molecule has 0 saturated heterocycles. The highest BCUT2D eigenvalue weighted by Crippen LogP contribution is 2.58. The molecule has 2 atom stereocenters. The highest BCUT2D eigenvalue weighted by Gasteiger charge is 2.66. The molecule has 1 saturated carbocycles. The molecule has 1 aliphatic rings. The van der Waals surface area contributed by atoms with Crippen LogP contribution in [0, 0.1) is 17.3 Å². The number of carboxylic acid groups (broad SMARTS) is 1. The van der Waals surface area contributed by atoms with Gasteiger partial charge >= 0.3 is 5.97 Å². The molecule has 0 aromatic heterocycles. The summed E-state index contributed by atoms with van der Waals surface area (Å²) in [6, 6.07) is 0. The number of carbonyl (C=O) groups excluding carboxylic acids is 2. The molecule has 1 aliphatic carbocycles. The first-order valence-corrected chi connectivity index (χ1v) is 4.95. The van der Waals surface area contributed by atoms with Gasteiger partial charge in [0, 0.05) is 7.05 Å². The molecule has 90 valence electrons. The van der Waals surface area contributed by atoms with Crippen molar-refractivity contribution in [1.82, 2.24) is 4.90 Å². The summed E-state index contributed by atoms with van der Waals surface area (Å²) in [6.07, 6.45) is 0. The van der Waals surface area contributed by atoms with Crippen LogP contribution >= 0.6 is 0 Å². The van der Waals surface area contributed by atoms with E-state index >= 15 is 0 Å². The number of aliphatic carboxylic acids is 1. The Bertz CT molecular complexity index is 351. The van der Waals surface area contributed by atoms with Gasteiger partial charge in [0.1, 0.15) is 0 Å². The summed E-state index contributed by atoms with van der Waals surface area (Å²) >= 11 is 0. The van der Waals surface area contributed by atoms with E-state index in [0.717, 1.165) is 0 Å². The van der Waals surface area contributed by atoms with Crippen LogP contribution in [0.1, 0.15) is 13.8 Å². The zero-order chi connectivity index (χ0) is 12.7. The number of hydrogen-bond acceptors (Lipinski definition) is 3. The zero-order valence-electron chi connectivity index (χ0n) is 9.56. The van der Waals surface area contributed by atoms with Gasteiger partial charge in [0.25, 0.3) is 0 Å². The van der Waals surface area contributed by atoms with Crippen molar-refractivity contribution in [3.63, 3.8) is 0 Å². The molecule has 1 rings (SSSR count). The van der Waals surface area contributed by atoms with E-state index in [-0.39, 0.29) is 12.5 Å². The fourth-order valence-electron chi connectivity index (χ4n) is 2.11. The van der Waals surface area contributed by atoms with E-state index in [1.807, 2.05) is 0 Å². The minimum atomic E-state index is -0.976. The number of rotatable bonds is 4. The minimum absolute atomic E-state index is 0.183. The molecule has 0 unspecified atom stereocenters. The first-order chi connectivity index (χ1) is 7.19. The van der Waals surface area contributed by atoms with Gasteiger partial charge < -0.3 is 15.7 Å². The molecule has 6 heteroatoms. The van der Waals surface area contributed by atoms with Gasteiger partial charge in [-0.1, -0.05) is 13.8 Å². The molecule has 3 N–H and O–H groups in total. The summed E-state index contributed by atoms with van der Waals surface area (Å²) in [5.41, 5.74) is 4.42. The lowest BCUT2D eigenvalue weighted by Gasteiger charge is -2.15. The second-order valence-electron chi connectivity index (χ2n) is 4.78. The Morgan fingerprint density at radius 2 is 1.81 bits per heavy atom. The van der Waals surface area contributed by atoms with E-state index in [0.29, 0.717) is 0 Å². The fraction of sp³-hybridized carbons (Fsp3) is 0.700. The Hall–Kier alpha value is -1.59. The highest BCUT2D eigenvalue weighted by atomic mass is 16.4. The molecule has 0 aliphatic heterocycles. The number of carbonyl (C=O) groups is 3. The highest BCUT2D eigenvalue weighted by molar-refractivity contribution is 5.93. The zero-order valence-corrected chi connectivity index (χ0v) is 9.56. The third-order valence-electron chi connectivity index (χ3n) is 3.13. The van der Waals surface area contributed by atoms with Crippen molar-refractivity contribution < 1.29 is 19.5 Å². The number of hydrogen-bond donors (Lipinski definition) is 2. The lowest BCUT2D eigenvalue weighted by atomic mass is 10.1. The molecule has 6 nitrogen and oxygen atoms in total. The van der Waals surface area contributed by atoms with Crippen molar-refractivity contribution in [2.45, 2.75) is 13.8 Å². The van der Waals surface area contributed by atoms with Crippen LogP contribution in [-0.4, -0.2) is 41.4 Å². The molecule has 0 radical (unpaired) electrons. The number of nitrogens with two attached hydrogens (primary N) is 1. The third kappa shape index (κ3) is 2.00. The maximum atomic E-state index is 11.8. The fourth-order valence-corrected chi connectivity index (χ4v) is 2.11. The standard InChI is InChI=1S/C10H16N2O4/c1-10(2)6(7(10)9(15)16)8(14)12(3)4-5(11)13/h6-7H,4H2,1-3H3,(H2,11,13)(H,15,16)/t6-,7+/m1/s1. The minimum Gasteiger partial charge on any atom is -0.481 e. The van der Waals surface area contributed by atoms with Crippen LogP contribution < -0.4 is 5.73 Å². The van der Waals surface area contributed by atoms with Gasteiger partial charge in [0.05, 0.1) is 18.4 Å². The van der Waals surface area contributed by atoms with E-state index in [9.17, 15) is 14.4 Å². The van der Waals surface area contributed by atoms with Gasteiger partial charge in [-0.3, -0.25) is 14.4 Å².